The van der Waals surface area contributed by atoms with E-state index in [4.69, 9.17) is 0 Å². The molecule has 92 valence electrons. The Bertz CT molecular complexity index is 273. The minimum atomic E-state index is -0.566. The average Bonchev–Trinajstić information content (AvgIpc) is 2.16. The molecule has 0 saturated heterocycles. The van der Waals surface area contributed by atoms with E-state index in [2.05, 4.69) is 6.08 Å². The van der Waals surface area contributed by atoms with E-state index in [1.807, 2.05) is 20.8 Å². The maximum Gasteiger partial charge on any atom is 0.126 e. The molecular weight excluding hydrogens is 200 g/mol. The van der Waals surface area contributed by atoms with Crippen LogP contribution in [0, 0.1) is 5.41 Å². The summed E-state index contributed by atoms with van der Waals surface area (Å²) in [6.45, 7) is 5.73. The highest BCUT2D eigenvalue weighted by Crippen LogP contribution is 2.36. The molecule has 1 aliphatic carbocycles. The molecule has 16 heavy (non-hydrogen) atoms. The molecule has 0 heterocycles. The van der Waals surface area contributed by atoms with E-state index in [9.17, 15) is 9.90 Å². The van der Waals surface area contributed by atoms with Crippen LogP contribution in [0.1, 0.15) is 59.3 Å². The molecule has 0 amide bonds. The quantitative estimate of drug-likeness (QED) is 0.575. The fraction of sp³-hybridized carbons (Fsp3) is 0.786. The van der Waals surface area contributed by atoms with Gasteiger partial charge in [-0.25, -0.2) is 0 Å². The summed E-state index contributed by atoms with van der Waals surface area (Å²) in [7, 11) is 0. The summed E-state index contributed by atoms with van der Waals surface area (Å²) in [6, 6.07) is 0. The first-order valence-corrected chi connectivity index (χ1v) is 6.21. The Morgan fingerprint density at radius 1 is 1.56 bits per heavy atom. The Labute approximate surface area is 98.7 Å². The van der Waals surface area contributed by atoms with Crippen LogP contribution in [0.3, 0.4) is 0 Å². The van der Waals surface area contributed by atoms with E-state index in [0.29, 0.717) is 0 Å². The average molecular weight is 224 g/mol. The van der Waals surface area contributed by atoms with E-state index in [1.165, 1.54) is 5.57 Å². The van der Waals surface area contributed by atoms with Crippen LogP contribution in [-0.4, -0.2) is 17.0 Å². The molecule has 1 rings (SSSR count). The number of hydrogen-bond acceptors (Lipinski definition) is 2. The number of allylic oxidation sites excluding steroid dienone is 2. The summed E-state index contributed by atoms with van der Waals surface area (Å²) in [4.78, 5) is 11.0. The highest BCUT2D eigenvalue weighted by atomic mass is 16.3. The molecule has 2 nitrogen and oxygen atoms in total. The maximum atomic E-state index is 11.0. The second-order valence-corrected chi connectivity index (χ2v) is 6.02. The van der Waals surface area contributed by atoms with Crippen molar-refractivity contribution in [2.24, 2.45) is 5.41 Å². The first-order chi connectivity index (χ1) is 7.35. The van der Waals surface area contributed by atoms with Gasteiger partial charge in [0.2, 0.25) is 0 Å². The molecule has 2 heteroatoms. The molecule has 0 aromatic rings. The number of rotatable bonds is 5. The lowest BCUT2D eigenvalue weighted by molar-refractivity contribution is -0.115. The Morgan fingerprint density at radius 2 is 2.25 bits per heavy atom. The molecule has 0 aromatic carbocycles. The zero-order valence-corrected chi connectivity index (χ0v) is 10.8. The minimum absolute atomic E-state index is 0.140. The second kappa shape index (κ2) is 5.13. The normalized spacial score (nSPS) is 26.4. The van der Waals surface area contributed by atoms with Crippen molar-refractivity contribution in [3.63, 3.8) is 0 Å². The summed E-state index contributed by atoms with van der Waals surface area (Å²) in [5.41, 5.74) is 0.687. The third-order valence-electron chi connectivity index (χ3n) is 3.35. The van der Waals surface area contributed by atoms with Crippen molar-refractivity contribution in [1.82, 2.24) is 0 Å². The van der Waals surface area contributed by atoms with Crippen LogP contribution in [-0.2, 0) is 4.79 Å². The standard InChI is InChI=1S/C14H24O2/c1-13(2,16)8-4-6-12-7-5-9-14(3,10-12)11-15/h7,11,16H,4-6,8-10H2,1-3H3. The van der Waals surface area contributed by atoms with Crippen molar-refractivity contribution in [2.75, 3.05) is 0 Å². The molecular formula is C14H24O2. The van der Waals surface area contributed by atoms with Crippen LogP contribution in [0.25, 0.3) is 0 Å². The summed E-state index contributed by atoms with van der Waals surface area (Å²) in [5.74, 6) is 0. The smallest absolute Gasteiger partial charge is 0.126 e. The predicted octanol–water partition coefficient (Wildman–Crippen LogP) is 3.24. The fourth-order valence-electron chi connectivity index (χ4n) is 2.32. The lowest BCUT2D eigenvalue weighted by Gasteiger charge is -2.28. The highest BCUT2D eigenvalue weighted by molar-refractivity contribution is 5.59. The Balaban J connectivity index is 2.38. The fourth-order valence-corrected chi connectivity index (χ4v) is 2.32. The van der Waals surface area contributed by atoms with Gasteiger partial charge in [-0.2, -0.15) is 0 Å². The monoisotopic (exact) mass is 224 g/mol. The third kappa shape index (κ3) is 4.48. The number of carbonyl (C=O) groups excluding carboxylic acids is 1. The van der Waals surface area contributed by atoms with Gasteiger partial charge in [0.15, 0.2) is 0 Å². The van der Waals surface area contributed by atoms with Crippen molar-refractivity contribution in [1.29, 1.82) is 0 Å². The molecule has 0 spiro atoms. The van der Waals surface area contributed by atoms with Crippen molar-refractivity contribution in [3.05, 3.63) is 11.6 Å². The van der Waals surface area contributed by atoms with Crippen molar-refractivity contribution >= 4 is 6.29 Å². The molecule has 1 atom stereocenters. The van der Waals surface area contributed by atoms with Gasteiger partial charge < -0.3 is 9.90 Å². The van der Waals surface area contributed by atoms with Gasteiger partial charge in [0.25, 0.3) is 0 Å². The largest absolute Gasteiger partial charge is 0.390 e. The van der Waals surface area contributed by atoms with Gasteiger partial charge in [-0.1, -0.05) is 18.6 Å². The first kappa shape index (κ1) is 13.4. The summed E-state index contributed by atoms with van der Waals surface area (Å²) >= 11 is 0. The van der Waals surface area contributed by atoms with Crippen LogP contribution in [0.5, 0.6) is 0 Å². The predicted molar refractivity (Wildman–Crippen MR) is 66.3 cm³/mol. The summed E-state index contributed by atoms with van der Waals surface area (Å²) in [5, 5.41) is 9.62. The van der Waals surface area contributed by atoms with Gasteiger partial charge in [0, 0.05) is 5.41 Å². The molecule has 0 aromatic heterocycles. The molecule has 1 unspecified atom stereocenters. The van der Waals surface area contributed by atoms with Crippen LogP contribution in [0.2, 0.25) is 0 Å². The summed E-state index contributed by atoms with van der Waals surface area (Å²) in [6.07, 6.45) is 9.13. The van der Waals surface area contributed by atoms with Crippen molar-refractivity contribution in [3.8, 4) is 0 Å². The van der Waals surface area contributed by atoms with Gasteiger partial charge >= 0.3 is 0 Å². The van der Waals surface area contributed by atoms with Crippen LogP contribution in [0.4, 0.5) is 0 Å². The Kier molecular flexibility index (Phi) is 4.31. The molecule has 0 saturated carbocycles. The molecule has 0 bridgehead atoms. The van der Waals surface area contributed by atoms with E-state index in [1.54, 1.807) is 0 Å². The molecule has 1 N–H and O–H groups in total. The van der Waals surface area contributed by atoms with E-state index in [-0.39, 0.29) is 5.41 Å². The molecule has 1 aliphatic rings. The first-order valence-electron chi connectivity index (χ1n) is 6.21. The zero-order chi connectivity index (χ0) is 12.2. The Morgan fingerprint density at radius 3 is 2.81 bits per heavy atom. The van der Waals surface area contributed by atoms with Crippen molar-refractivity contribution < 1.29 is 9.90 Å². The van der Waals surface area contributed by atoms with Crippen LogP contribution < -0.4 is 0 Å². The van der Waals surface area contributed by atoms with Gasteiger partial charge in [-0.15, -0.1) is 0 Å². The summed E-state index contributed by atoms with van der Waals surface area (Å²) < 4.78 is 0. The van der Waals surface area contributed by atoms with Crippen LogP contribution >= 0.6 is 0 Å². The molecule has 0 radical (unpaired) electrons. The number of hydrogen-bond donors (Lipinski definition) is 1. The van der Waals surface area contributed by atoms with Gasteiger partial charge in [-0.3, -0.25) is 0 Å². The van der Waals surface area contributed by atoms with E-state index < -0.39 is 5.60 Å². The number of aliphatic hydroxyl groups is 1. The van der Waals surface area contributed by atoms with Crippen molar-refractivity contribution in [2.45, 2.75) is 64.9 Å². The number of carbonyl (C=O) groups is 1. The lowest BCUT2D eigenvalue weighted by Crippen LogP contribution is -2.22. The van der Waals surface area contributed by atoms with Gasteiger partial charge in [-0.05, 0) is 52.4 Å². The highest BCUT2D eigenvalue weighted by Gasteiger charge is 2.27. The van der Waals surface area contributed by atoms with Gasteiger partial charge in [0.1, 0.15) is 6.29 Å². The van der Waals surface area contributed by atoms with E-state index >= 15 is 0 Å². The SMILES string of the molecule is CC(C)(O)CCCC1=CCCC(C)(C=O)C1. The lowest BCUT2D eigenvalue weighted by atomic mass is 9.75. The second-order valence-electron chi connectivity index (χ2n) is 6.02. The number of aldehydes is 1. The molecule has 0 aliphatic heterocycles. The zero-order valence-electron chi connectivity index (χ0n) is 10.8. The maximum absolute atomic E-state index is 11.0. The van der Waals surface area contributed by atoms with E-state index in [0.717, 1.165) is 44.8 Å². The van der Waals surface area contributed by atoms with Gasteiger partial charge in [0.05, 0.1) is 5.60 Å². The topological polar surface area (TPSA) is 37.3 Å². The third-order valence-corrected chi connectivity index (χ3v) is 3.35. The molecule has 0 fully saturated rings. The minimum Gasteiger partial charge on any atom is -0.390 e. The Hall–Kier alpha value is -0.630. The van der Waals surface area contributed by atoms with Crippen LogP contribution in [0.15, 0.2) is 11.6 Å².